The second kappa shape index (κ2) is 7.98. The first kappa shape index (κ1) is 18.6. The molecule has 0 amide bonds. The SMILES string of the molecule is CCc1cc(OC)c(F)c(COc2cnc(Nc3cnn(C)c3)nc2)c1F. The van der Waals surface area contributed by atoms with E-state index in [0.717, 1.165) is 5.69 Å². The van der Waals surface area contributed by atoms with Gasteiger partial charge in [0.15, 0.2) is 17.3 Å². The molecule has 0 spiro atoms. The molecular formula is C18H19F2N5O2. The molecule has 0 atom stereocenters. The number of ether oxygens (including phenoxy) is 2. The number of aryl methyl sites for hydroxylation is 2. The lowest BCUT2D eigenvalue weighted by Crippen LogP contribution is -2.07. The van der Waals surface area contributed by atoms with Crippen LogP contribution in [0.15, 0.2) is 30.9 Å². The van der Waals surface area contributed by atoms with Crippen LogP contribution in [0.4, 0.5) is 20.4 Å². The molecular weight excluding hydrogens is 356 g/mol. The zero-order valence-electron chi connectivity index (χ0n) is 15.2. The molecule has 0 aliphatic heterocycles. The highest BCUT2D eigenvalue weighted by Gasteiger charge is 2.19. The molecule has 27 heavy (non-hydrogen) atoms. The number of anilines is 2. The van der Waals surface area contributed by atoms with Crippen LogP contribution in [0, 0.1) is 11.6 Å². The normalized spacial score (nSPS) is 10.7. The van der Waals surface area contributed by atoms with Gasteiger partial charge in [-0.05, 0) is 18.1 Å². The zero-order valence-corrected chi connectivity index (χ0v) is 15.2. The Bertz CT molecular complexity index is 900. The fourth-order valence-electron chi connectivity index (χ4n) is 2.48. The van der Waals surface area contributed by atoms with E-state index < -0.39 is 11.6 Å². The third kappa shape index (κ3) is 4.13. The number of hydrogen-bond acceptors (Lipinski definition) is 6. The molecule has 0 aliphatic carbocycles. The Morgan fingerprint density at radius 2 is 1.89 bits per heavy atom. The van der Waals surface area contributed by atoms with Crippen LogP contribution in [0.5, 0.6) is 11.5 Å². The molecule has 2 heterocycles. The van der Waals surface area contributed by atoms with Crippen molar-refractivity contribution >= 4 is 11.6 Å². The number of rotatable bonds is 7. The van der Waals surface area contributed by atoms with Crippen LogP contribution in [0.25, 0.3) is 0 Å². The molecule has 1 aromatic carbocycles. The maximum absolute atomic E-state index is 14.4. The van der Waals surface area contributed by atoms with Gasteiger partial charge >= 0.3 is 0 Å². The molecule has 3 rings (SSSR count). The quantitative estimate of drug-likeness (QED) is 0.682. The van der Waals surface area contributed by atoms with Gasteiger partial charge in [0.2, 0.25) is 5.95 Å². The van der Waals surface area contributed by atoms with E-state index in [1.807, 2.05) is 0 Å². The van der Waals surface area contributed by atoms with Crippen molar-refractivity contribution < 1.29 is 18.3 Å². The van der Waals surface area contributed by atoms with E-state index in [9.17, 15) is 8.78 Å². The molecule has 0 saturated heterocycles. The second-order valence-corrected chi connectivity index (χ2v) is 5.76. The Hall–Kier alpha value is -3.23. The van der Waals surface area contributed by atoms with Crippen molar-refractivity contribution in [2.45, 2.75) is 20.0 Å². The van der Waals surface area contributed by atoms with Crippen LogP contribution in [0.3, 0.4) is 0 Å². The molecule has 7 nitrogen and oxygen atoms in total. The lowest BCUT2D eigenvalue weighted by atomic mass is 10.1. The van der Waals surface area contributed by atoms with Gasteiger partial charge in [-0.2, -0.15) is 5.10 Å². The van der Waals surface area contributed by atoms with Gasteiger partial charge in [-0.25, -0.2) is 18.7 Å². The number of halogens is 2. The average Bonchev–Trinajstić information content (AvgIpc) is 3.08. The highest BCUT2D eigenvalue weighted by molar-refractivity contribution is 5.50. The van der Waals surface area contributed by atoms with Crippen molar-refractivity contribution in [3.05, 3.63) is 53.6 Å². The standard InChI is InChI=1S/C18H19F2N5O2/c1-4-11-5-15(26-3)17(20)14(16(11)19)10-27-13-7-21-18(22-8-13)24-12-6-23-25(2)9-12/h5-9H,4,10H2,1-3H3,(H,21,22,24). The summed E-state index contributed by atoms with van der Waals surface area (Å²) >= 11 is 0. The highest BCUT2D eigenvalue weighted by atomic mass is 19.1. The molecule has 3 aromatic rings. The smallest absolute Gasteiger partial charge is 0.227 e. The molecule has 1 N–H and O–H groups in total. The Balaban J connectivity index is 1.71. The number of nitrogens with zero attached hydrogens (tertiary/aromatic N) is 4. The van der Waals surface area contributed by atoms with Crippen LogP contribution in [0.1, 0.15) is 18.1 Å². The predicted octanol–water partition coefficient (Wildman–Crippen LogP) is 3.38. The van der Waals surface area contributed by atoms with Gasteiger partial charge in [0.1, 0.15) is 12.4 Å². The first-order chi connectivity index (χ1) is 13.0. The minimum Gasteiger partial charge on any atom is -0.494 e. The Labute approximate surface area is 155 Å². The summed E-state index contributed by atoms with van der Waals surface area (Å²) in [7, 11) is 3.13. The van der Waals surface area contributed by atoms with Gasteiger partial charge in [-0.3, -0.25) is 4.68 Å². The van der Waals surface area contributed by atoms with Gasteiger partial charge in [0, 0.05) is 13.2 Å². The fraction of sp³-hybridized carbons (Fsp3) is 0.278. The van der Waals surface area contributed by atoms with Crippen LogP contribution in [-0.2, 0) is 20.1 Å². The topological polar surface area (TPSA) is 74.1 Å². The van der Waals surface area contributed by atoms with E-state index in [4.69, 9.17) is 9.47 Å². The van der Waals surface area contributed by atoms with E-state index >= 15 is 0 Å². The third-order valence-electron chi connectivity index (χ3n) is 3.91. The van der Waals surface area contributed by atoms with Gasteiger partial charge in [0.25, 0.3) is 0 Å². The first-order valence-electron chi connectivity index (χ1n) is 8.26. The molecule has 0 bridgehead atoms. The summed E-state index contributed by atoms with van der Waals surface area (Å²) in [5.41, 5.74) is 0.904. The molecule has 0 fully saturated rings. The zero-order chi connectivity index (χ0) is 19.4. The van der Waals surface area contributed by atoms with Crippen LogP contribution < -0.4 is 14.8 Å². The minimum atomic E-state index is -0.775. The van der Waals surface area contributed by atoms with Crippen molar-refractivity contribution in [2.75, 3.05) is 12.4 Å². The summed E-state index contributed by atoms with van der Waals surface area (Å²) in [4.78, 5) is 8.22. The van der Waals surface area contributed by atoms with Gasteiger partial charge in [0.05, 0.1) is 37.0 Å². The van der Waals surface area contributed by atoms with Crippen molar-refractivity contribution in [3.63, 3.8) is 0 Å². The summed E-state index contributed by atoms with van der Waals surface area (Å²) in [5, 5.41) is 7.01. The van der Waals surface area contributed by atoms with Crippen molar-refractivity contribution in [3.8, 4) is 11.5 Å². The van der Waals surface area contributed by atoms with E-state index in [1.165, 1.54) is 25.6 Å². The Morgan fingerprint density at radius 1 is 1.15 bits per heavy atom. The van der Waals surface area contributed by atoms with Crippen LogP contribution in [0.2, 0.25) is 0 Å². The number of nitrogens with one attached hydrogen (secondary N) is 1. The molecule has 9 heteroatoms. The molecule has 0 unspecified atom stereocenters. The summed E-state index contributed by atoms with van der Waals surface area (Å²) in [5.74, 6) is -0.789. The van der Waals surface area contributed by atoms with E-state index in [2.05, 4.69) is 20.4 Å². The molecule has 0 radical (unpaired) electrons. The molecule has 0 aliphatic rings. The maximum atomic E-state index is 14.4. The highest BCUT2D eigenvalue weighted by Crippen LogP contribution is 2.28. The summed E-state index contributed by atoms with van der Waals surface area (Å²) in [6.07, 6.45) is 6.65. The van der Waals surface area contributed by atoms with Crippen molar-refractivity contribution in [1.29, 1.82) is 0 Å². The number of aromatic nitrogens is 4. The van der Waals surface area contributed by atoms with E-state index in [-0.39, 0.29) is 23.7 Å². The van der Waals surface area contributed by atoms with Crippen molar-refractivity contribution in [1.82, 2.24) is 19.7 Å². The van der Waals surface area contributed by atoms with Crippen LogP contribution in [-0.4, -0.2) is 26.9 Å². The average molecular weight is 375 g/mol. The van der Waals surface area contributed by atoms with Gasteiger partial charge in [-0.1, -0.05) is 6.92 Å². The lowest BCUT2D eigenvalue weighted by Gasteiger charge is -2.13. The molecule has 142 valence electrons. The first-order valence-corrected chi connectivity index (χ1v) is 8.26. The summed E-state index contributed by atoms with van der Waals surface area (Å²) in [6, 6.07) is 1.36. The van der Waals surface area contributed by atoms with E-state index in [0.29, 0.717) is 17.9 Å². The van der Waals surface area contributed by atoms with Gasteiger partial charge in [-0.15, -0.1) is 0 Å². The molecule has 0 saturated carbocycles. The summed E-state index contributed by atoms with van der Waals surface area (Å²) < 4.78 is 40.9. The number of methoxy groups -OCH3 is 1. The largest absolute Gasteiger partial charge is 0.494 e. The Morgan fingerprint density at radius 3 is 2.48 bits per heavy atom. The maximum Gasteiger partial charge on any atom is 0.227 e. The van der Waals surface area contributed by atoms with Crippen LogP contribution >= 0.6 is 0 Å². The van der Waals surface area contributed by atoms with Gasteiger partial charge < -0.3 is 14.8 Å². The van der Waals surface area contributed by atoms with E-state index in [1.54, 1.807) is 31.0 Å². The number of benzene rings is 1. The minimum absolute atomic E-state index is 0.0147. The Kier molecular flexibility index (Phi) is 5.49. The van der Waals surface area contributed by atoms with Crippen molar-refractivity contribution in [2.24, 2.45) is 7.05 Å². The third-order valence-corrected chi connectivity index (χ3v) is 3.91. The number of hydrogen-bond donors (Lipinski definition) is 1. The molecule has 2 aromatic heterocycles. The monoisotopic (exact) mass is 375 g/mol. The fourth-order valence-corrected chi connectivity index (χ4v) is 2.48. The summed E-state index contributed by atoms with van der Waals surface area (Å²) in [6.45, 7) is 1.48. The lowest BCUT2D eigenvalue weighted by molar-refractivity contribution is 0.285. The second-order valence-electron chi connectivity index (χ2n) is 5.76. The predicted molar refractivity (Wildman–Crippen MR) is 95.1 cm³/mol.